The molecule has 110 valence electrons. The highest BCUT2D eigenvalue weighted by Gasteiger charge is 2.10. The minimum atomic E-state index is -0.220. The van der Waals surface area contributed by atoms with Gasteiger partial charge in [0.1, 0.15) is 10.8 Å². The second kappa shape index (κ2) is 6.63. The summed E-state index contributed by atoms with van der Waals surface area (Å²) in [6.45, 7) is 4.54. The molecule has 5 heteroatoms. The minimum absolute atomic E-state index is 0.220. The Morgan fingerprint density at radius 3 is 2.57 bits per heavy atom. The summed E-state index contributed by atoms with van der Waals surface area (Å²) in [6, 6.07) is 8.45. The normalized spacial score (nSPS) is 10.4. The van der Waals surface area contributed by atoms with Gasteiger partial charge in [-0.25, -0.2) is 4.39 Å². The number of hydrogen-bond donors (Lipinski definition) is 2. The first-order valence-corrected chi connectivity index (χ1v) is 7.14. The van der Waals surface area contributed by atoms with Gasteiger partial charge in [0.2, 0.25) is 0 Å². The quantitative estimate of drug-likeness (QED) is 0.833. The number of pyridine rings is 1. The molecule has 0 fully saturated rings. The molecular weight excluding hydrogens is 285 g/mol. The summed E-state index contributed by atoms with van der Waals surface area (Å²) in [5.74, 6) is -0.220. The SMILES string of the molecule is Cc1cc(NCCc2ccc(F)cc2)c(C(N)=S)c(C)n1. The number of thiocarbonyl (C=S) groups is 1. The third-order valence-electron chi connectivity index (χ3n) is 3.22. The predicted molar refractivity (Wildman–Crippen MR) is 88.2 cm³/mol. The molecule has 0 saturated heterocycles. The molecule has 0 radical (unpaired) electrons. The van der Waals surface area contributed by atoms with E-state index in [4.69, 9.17) is 18.0 Å². The molecule has 21 heavy (non-hydrogen) atoms. The van der Waals surface area contributed by atoms with Crippen LogP contribution < -0.4 is 11.1 Å². The largest absolute Gasteiger partial charge is 0.389 e. The zero-order valence-electron chi connectivity index (χ0n) is 12.1. The van der Waals surface area contributed by atoms with Crippen LogP contribution in [0.1, 0.15) is 22.5 Å². The van der Waals surface area contributed by atoms with Crippen LogP contribution in [0.25, 0.3) is 0 Å². The van der Waals surface area contributed by atoms with Gasteiger partial charge in [-0.3, -0.25) is 4.98 Å². The average Bonchev–Trinajstić information content (AvgIpc) is 2.39. The maximum absolute atomic E-state index is 12.9. The molecule has 0 aliphatic heterocycles. The number of aromatic nitrogens is 1. The van der Waals surface area contributed by atoms with Crippen molar-refractivity contribution in [3.63, 3.8) is 0 Å². The fraction of sp³-hybridized carbons (Fsp3) is 0.250. The van der Waals surface area contributed by atoms with Crippen LogP contribution in [0.3, 0.4) is 0 Å². The van der Waals surface area contributed by atoms with Crippen molar-refractivity contribution in [2.24, 2.45) is 5.73 Å². The number of halogens is 1. The van der Waals surface area contributed by atoms with Crippen LogP contribution >= 0.6 is 12.2 Å². The second-order valence-corrected chi connectivity index (χ2v) is 5.38. The van der Waals surface area contributed by atoms with Crippen LogP contribution in [0.4, 0.5) is 10.1 Å². The lowest BCUT2D eigenvalue weighted by Crippen LogP contribution is -2.17. The van der Waals surface area contributed by atoms with Crippen molar-refractivity contribution < 1.29 is 4.39 Å². The zero-order valence-corrected chi connectivity index (χ0v) is 12.9. The van der Waals surface area contributed by atoms with E-state index in [9.17, 15) is 4.39 Å². The van der Waals surface area contributed by atoms with Gasteiger partial charge >= 0.3 is 0 Å². The molecule has 2 rings (SSSR count). The van der Waals surface area contributed by atoms with Crippen molar-refractivity contribution in [3.05, 3.63) is 58.7 Å². The molecule has 0 amide bonds. The van der Waals surface area contributed by atoms with Gasteiger partial charge in [0.25, 0.3) is 0 Å². The zero-order chi connectivity index (χ0) is 15.4. The van der Waals surface area contributed by atoms with Gasteiger partial charge in [-0.1, -0.05) is 24.4 Å². The van der Waals surface area contributed by atoms with Crippen LogP contribution in [0.2, 0.25) is 0 Å². The van der Waals surface area contributed by atoms with Crippen molar-refractivity contribution in [2.45, 2.75) is 20.3 Å². The molecule has 3 N–H and O–H groups in total. The Bertz CT molecular complexity index is 653. The molecule has 0 atom stereocenters. The molecular formula is C16H18FN3S. The first-order chi connectivity index (χ1) is 9.97. The van der Waals surface area contributed by atoms with Gasteiger partial charge in [0.15, 0.2) is 0 Å². The van der Waals surface area contributed by atoms with Gasteiger partial charge in [-0.15, -0.1) is 0 Å². The van der Waals surface area contributed by atoms with Gasteiger partial charge in [0, 0.05) is 23.6 Å². The van der Waals surface area contributed by atoms with Crippen LogP contribution in [0.5, 0.6) is 0 Å². The molecule has 1 heterocycles. The molecule has 1 aromatic carbocycles. The monoisotopic (exact) mass is 303 g/mol. The third-order valence-corrected chi connectivity index (χ3v) is 3.42. The number of benzene rings is 1. The highest BCUT2D eigenvalue weighted by molar-refractivity contribution is 7.80. The number of hydrogen-bond acceptors (Lipinski definition) is 3. The van der Waals surface area contributed by atoms with E-state index < -0.39 is 0 Å². The average molecular weight is 303 g/mol. The Morgan fingerprint density at radius 2 is 1.95 bits per heavy atom. The minimum Gasteiger partial charge on any atom is -0.389 e. The topological polar surface area (TPSA) is 50.9 Å². The van der Waals surface area contributed by atoms with E-state index in [0.717, 1.165) is 34.6 Å². The van der Waals surface area contributed by atoms with Crippen LogP contribution in [-0.4, -0.2) is 16.5 Å². The summed E-state index contributed by atoms with van der Waals surface area (Å²) in [6.07, 6.45) is 0.789. The number of aryl methyl sites for hydroxylation is 2. The Morgan fingerprint density at radius 1 is 1.29 bits per heavy atom. The Hall–Kier alpha value is -2.01. The fourth-order valence-electron chi connectivity index (χ4n) is 2.27. The van der Waals surface area contributed by atoms with E-state index in [-0.39, 0.29) is 5.82 Å². The summed E-state index contributed by atoms with van der Waals surface area (Å²) < 4.78 is 12.9. The van der Waals surface area contributed by atoms with Gasteiger partial charge in [-0.2, -0.15) is 0 Å². The van der Waals surface area contributed by atoms with E-state index in [2.05, 4.69) is 10.3 Å². The van der Waals surface area contributed by atoms with E-state index in [1.807, 2.05) is 19.9 Å². The molecule has 0 aliphatic carbocycles. The standard InChI is InChI=1S/C16H18FN3S/c1-10-9-14(15(16(18)21)11(2)20-10)19-8-7-12-3-5-13(17)6-4-12/h3-6,9H,7-8H2,1-2H3,(H2,18,21)(H,19,20). The van der Waals surface area contributed by atoms with Gasteiger partial charge in [-0.05, 0) is 44.0 Å². The molecule has 0 unspecified atom stereocenters. The van der Waals surface area contributed by atoms with E-state index in [1.54, 1.807) is 12.1 Å². The molecule has 0 bridgehead atoms. The first-order valence-electron chi connectivity index (χ1n) is 6.73. The number of nitrogens with one attached hydrogen (secondary N) is 1. The lowest BCUT2D eigenvalue weighted by atomic mass is 10.1. The van der Waals surface area contributed by atoms with Gasteiger partial charge < -0.3 is 11.1 Å². The summed E-state index contributed by atoms with van der Waals surface area (Å²) in [5, 5.41) is 3.34. The molecule has 1 aromatic heterocycles. The van der Waals surface area contributed by atoms with Crippen molar-refractivity contribution in [3.8, 4) is 0 Å². The summed E-state index contributed by atoms with van der Waals surface area (Å²) >= 11 is 5.09. The molecule has 0 saturated carbocycles. The molecule has 0 aliphatic rings. The van der Waals surface area contributed by atoms with E-state index >= 15 is 0 Å². The third kappa shape index (κ3) is 3.98. The number of anilines is 1. The van der Waals surface area contributed by atoms with E-state index in [0.29, 0.717) is 11.5 Å². The second-order valence-electron chi connectivity index (χ2n) is 4.94. The molecule has 2 aromatic rings. The summed E-state index contributed by atoms with van der Waals surface area (Å²) in [4.78, 5) is 4.72. The lowest BCUT2D eigenvalue weighted by molar-refractivity contribution is 0.627. The Kier molecular flexibility index (Phi) is 4.85. The summed E-state index contributed by atoms with van der Waals surface area (Å²) in [5.41, 5.74) is 10.3. The van der Waals surface area contributed by atoms with Crippen molar-refractivity contribution in [1.82, 2.24) is 4.98 Å². The molecule has 0 spiro atoms. The fourth-order valence-corrected chi connectivity index (χ4v) is 2.53. The number of nitrogens with two attached hydrogens (primary N) is 1. The Balaban J connectivity index is 2.09. The number of rotatable bonds is 5. The first kappa shape index (κ1) is 15.4. The van der Waals surface area contributed by atoms with Crippen LogP contribution in [0.15, 0.2) is 30.3 Å². The maximum atomic E-state index is 12.9. The smallest absolute Gasteiger partial charge is 0.123 e. The van der Waals surface area contributed by atoms with E-state index in [1.165, 1.54) is 12.1 Å². The highest BCUT2D eigenvalue weighted by Crippen LogP contribution is 2.19. The van der Waals surface area contributed by atoms with Crippen molar-refractivity contribution in [1.29, 1.82) is 0 Å². The molecule has 3 nitrogen and oxygen atoms in total. The van der Waals surface area contributed by atoms with Crippen molar-refractivity contribution >= 4 is 22.9 Å². The maximum Gasteiger partial charge on any atom is 0.123 e. The van der Waals surface area contributed by atoms with Crippen LogP contribution in [0, 0.1) is 19.7 Å². The Labute approximate surface area is 129 Å². The van der Waals surface area contributed by atoms with Crippen LogP contribution in [-0.2, 0) is 6.42 Å². The predicted octanol–water partition coefficient (Wildman–Crippen LogP) is 3.13. The lowest BCUT2D eigenvalue weighted by Gasteiger charge is -2.14. The summed E-state index contributed by atoms with van der Waals surface area (Å²) in [7, 11) is 0. The van der Waals surface area contributed by atoms with Gasteiger partial charge in [0.05, 0.1) is 5.56 Å². The number of nitrogens with zero attached hydrogens (tertiary/aromatic N) is 1. The van der Waals surface area contributed by atoms with Crippen molar-refractivity contribution in [2.75, 3.05) is 11.9 Å². The highest BCUT2D eigenvalue weighted by atomic mass is 32.1.